The van der Waals surface area contributed by atoms with Gasteiger partial charge in [0.15, 0.2) is 5.75 Å². The summed E-state index contributed by atoms with van der Waals surface area (Å²) < 4.78 is 0. The minimum atomic E-state index is 0.0890. The zero-order valence-corrected chi connectivity index (χ0v) is 11.8. The zero-order valence-electron chi connectivity index (χ0n) is 11.8. The molecule has 0 unspecified atom stereocenters. The second kappa shape index (κ2) is 5.71. The van der Waals surface area contributed by atoms with Crippen LogP contribution >= 0.6 is 0 Å². The molecule has 1 aliphatic carbocycles. The van der Waals surface area contributed by atoms with E-state index in [1.54, 1.807) is 5.06 Å². The molecule has 0 bridgehead atoms. The van der Waals surface area contributed by atoms with Crippen LogP contribution in [0.2, 0.25) is 0 Å². The Hall–Kier alpha value is -1.75. The fourth-order valence-electron chi connectivity index (χ4n) is 2.85. The Labute approximate surface area is 118 Å². The number of benzene rings is 1. The van der Waals surface area contributed by atoms with Gasteiger partial charge in [-0.05, 0) is 42.9 Å². The fraction of sp³-hybridized carbons (Fsp3) is 0.533. The number of nitrogens with zero attached hydrogens (tertiary/aromatic N) is 1. The molecule has 108 valence electrons. The largest absolute Gasteiger partial charge is 0.354 e. The highest BCUT2D eigenvalue weighted by atomic mass is 17.3. The van der Waals surface area contributed by atoms with Crippen molar-refractivity contribution in [2.24, 2.45) is 0 Å². The van der Waals surface area contributed by atoms with Crippen molar-refractivity contribution < 1.29 is 14.7 Å². The van der Waals surface area contributed by atoms with Gasteiger partial charge in [-0.2, -0.15) is 0 Å². The van der Waals surface area contributed by atoms with Gasteiger partial charge in [0, 0.05) is 13.0 Å². The molecule has 1 heterocycles. The molecule has 1 amide bonds. The normalized spacial score (nSPS) is 15.8. The van der Waals surface area contributed by atoms with E-state index < -0.39 is 0 Å². The van der Waals surface area contributed by atoms with Crippen LogP contribution in [0.25, 0.3) is 0 Å². The predicted molar refractivity (Wildman–Crippen MR) is 75.4 cm³/mol. The van der Waals surface area contributed by atoms with Crippen LogP contribution in [-0.4, -0.2) is 19.0 Å². The van der Waals surface area contributed by atoms with E-state index in [0.717, 1.165) is 30.7 Å². The predicted octanol–water partition coefficient (Wildman–Crippen LogP) is 2.14. The average Bonchev–Trinajstić information content (AvgIpc) is 3.04. The number of amides is 1. The highest BCUT2D eigenvalue weighted by Crippen LogP contribution is 2.42. The molecule has 5 heteroatoms. The summed E-state index contributed by atoms with van der Waals surface area (Å²) >= 11 is 0. The molecule has 2 aliphatic rings. The van der Waals surface area contributed by atoms with Gasteiger partial charge in [0.1, 0.15) is 5.69 Å². The molecule has 0 saturated carbocycles. The monoisotopic (exact) mass is 276 g/mol. The number of hydrogen-bond acceptors (Lipinski definition) is 4. The van der Waals surface area contributed by atoms with E-state index >= 15 is 0 Å². The van der Waals surface area contributed by atoms with E-state index in [-0.39, 0.29) is 5.91 Å². The summed E-state index contributed by atoms with van der Waals surface area (Å²) in [5, 5.41) is 4.65. The molecule has 0 radical (unpaired) electrons. The fourth-order valence-corrected chi connectivity index (χ4v) is 2.85. The van der Waals surface area contributed by atoms with Crippen LogP contribution < -0.4 is 15.3 Å². The van der Waals surface area contributed by atoms with E-state index in [2.05, 4.69) is 11.4 Å². The summed E-state index contributed by atoms with van der Waals surface area (Å²) in [6.45, 7) is 3.15. The number of fused-ring (bicyclic) bond motifs is 3. The Morgan fingerprint density at radius 3 is 3.15 bits per heavy atom. The summed E-state index contributed by atoms with van der Waals surface area (Å²) in [5.74, 6) is 0.872. The Balaban J connectivity index is 1.64. The highest BCUT2D eigenvalue weighted by Gasteiger charge is 2.29. The summed E-state index contributed by atoms with van der Waals surface area (Å²) in [5.41, 5.74) is 3.77. The summed E-state index contributed by atoms with van der Waals surface area (Å²) in [7, 11) is 0. The quantitative estimate of drug-likeness (QED) is 0.837. The number of aryl methyl sites for hydroxylation is 1. The maximum atomic E-state index is 11.4. The van der Waals surface area contributed by atoms with Crippen LogP contribution in [0.3, 0.4) is 0 Å². The minimum absolute atomic E-state index is 0.0890. The summed E-state index contributed by atoms with van der Waals surface area (Å²) in [4.78, 5) is 22.0. The summed E-state index contributed by atoms with van der Waals surface area (Å²) in [6.07, 6.45) is 4.83. The molecule has 5 nitrogen and oxygen atoms in total. The molecule has 0 atom stereocenters. The zero-order chi connectivity index (χ0) is 13.9. The number of anilines is 1. The van der Waals surface area contributed by atoms with Gasteiger partial charge in [0.2, 0.25) is 5.91 Å². The first-order chi connectivity index (χ1) is 9.79. The molecule has 0 aromatic heterocycles. The molecular weight excluding hydrogens is 256 g/mol. The molecular formula is C15H20N2O3. The molecule has 1 aromatic carbocycles. The van der Waals surface area contributed by atoms with Crippen LogP contribution in [0.1, 0.15) is 37.3 Å². The van der Waals surface area contributed by atoms with E-state index in [4.69, 9.17) is 9.88 Å². The second-order valence-electron chi connectivity index (χ2n) is 5.26. The van der Waals surface area contributed by atoms with Crippen molar-refractivity contribution in [3.8, 4) is 5.75 Å². The Morgan fingerprint density at radius 1 is 1.40 bits per heavy atom. The smallest absolute Gasteiger partial charge is 0.220 e. The number of hydroxylamine groups is 1. The van der Waals surface area contributed by atoms with Crippen molar-refractivity contribution >= 4 is 11.6 Å². The first-order valence-corrected chi connectivity index (χ1v) is 7.33. The lowest BCUT2D eigenvalue weighted by atomic mass is 10.1. The van der Waals surface area contributed by atoms with Crippen molar-refractivity contribution in [3.63, 3.8) is 0 Å². The van der Waals surface area contributed by atoms with Gasteiger partial charge in [-0.3, -0.25) is 4.79 Å². The first-order valence-electron chi connectivity index (χ1n) is 7.33. The van der Waals surface area contributed by atoms with E-state index in [0.29, 0.717) is 19.5 Å². The van der Waals surface area contributed by atoms with Gasteiger partial charge in [-0.25, -0.2) is 5.06 Å². The lowest BCUT2D eigenvalue weighted by Gasteiger charge is -2.16. The Kier molecular flexibility index (Phi) is 3.78. The van der Waals surface area contributed by atoms with E-state index in [1.165, 1.54) is 17.5 Å². The second-order valence-corrected chi connectivity index (χ2v) is 5.26. The van der Waals surface area contributed by atoms with Gasteiger partial charge >= 0.3 is 0 Å². The lowest BCUT2D eigenvalue weighted by Crippen LogP contribution is -2.33. The van der Waals surface area contributed by atoms with Crippen molar-refractivity contribution in [1.29, 1.82) is 0 Å². The van der Waals surface area contributed by atoms with Crippen molar-refractivity contribution in [3.05, 3.63) is 23.3 Å². The van der Waals surface area contributed by atoms with Gasteiger partial charge in [0.25, 0.3) is 0 Å². The van der Waals surface area contributed by atoms with Gasteiger partial charge in [0.05, 0.1) is 6.54 Å². The molecule has 1 aliphatic heterocycles. The highest BCUT2D eigenvalue weighted by molar-refractivity contribution is 5.75. The minimum Gasteiger partial charge on any atom is -0.354 e. The van der Waals surface area contributed by atoms with Crippen molar-refractivity contribution in [2.75, 3.05) is 18.2 Å². The number of nitrogens with one attached hydrogen (secondary N) is 1. The third-order valence-corrected chi connectivity index (χ3v) is 3.80. The van der Waals surface area contributed by atoms with Gasteiger partial charge < -0.3 is 10.2 Å². The third kappa shape index (κ3) is 2.45. The lowest BCUT2D eigenvalue weighted by molar-refractivity contribution is -0.198. The van der Waals surface area contributed by atoms with Crippen LogP contribution in [0.4, 0.5) is 5.69 Å². The molecule has 3 rings (SSSR count). The maximum Gasteiger partial charge on any atom is 0.220 e. The van der Waals surface area contributed by atoms with Gasteiger partial charge in [-0.15, -0.1) is 0 Å². The van der Waals surface area contributed by atoms with E-state index in [9.17, 15) is 4.79 Å². The molecule has 20 heavy (non-hydrogen) atoms. The van der Waals surface area contributed by atoms with Crippen LogP contribution in [-0.2, 0) is 22.6 Å². The van der Waals surface area contributed by atoms with Gasteiger partial charge in [-0.1, -0.05) is 18.0 Å². The molecule has 1 N–H and O–H groups in total. The number of carbonyl (C=O) groups is 1. The van der Waals surface area contributed by atoms with Crippen molar-refractivity contribution in [2.45, 2.75) is 39.0 Å². The standard InChI is InChI=1S/C15H20N2O3/c1-2-4-14(18)16-9-10-17-15-12-6-3-5-11(12)7-8-13(15)19-20-17/h7-8H,2-6,9-10H2,1H3,(H,16,18). The number of hydrogen-bond donors (Lipinski definition) is 1. The van der Waals surface area contributed by atoms with Crippen LogP contribution in [0.5, 0.6) is 5.75 Å². The average molecular weight is 276 g/mol. The third-order valence-electron chi connectivity index (χ3n) is 3.80. The Bertz CT molecular complexity index is 516. The number of rotatable bonds is 5. The van der Waals surface area contributed by atoms with Crippen molar-refractivity contribution in [1.82, 2.24) is 5.32 Å². The van der Waals surface area contributed by atoms with E-state index in [1.807, 2.05) is 13.0 Å². The molecule has 1 aromatic rings. The molecule has 0 saturated heterocycles. The topological polar surface area (TPSA) is 50.8 Å². The van der Waals surface area contributed by atoms with Crippen LogP contribution in [0, 0.1) is 0 Å². The summed E-state index contributed by atoms with van der Waals surface area (Å²) in [6, 6.07) is 4.09. The molecule has 0 spiro atoms. The number of carbonyl (C=O) groups excluding carboxylic acids is 1. The van der Waals surface area contributed by atoms with Crippen LogP contribution in [0.15, 0.2) is 12.1 Å². The maximum absolute atomic E-state index is 11.4. The Morgan fingerprint density at radius 2 is 2.30 bits per heavy atom. The first kappa shape index (κ1) is 13.2. The molecule has 0 fully saturated rings. The SMILES string of the molecule is CCCC(=O)NCCN1OOc2ccc3c(c21)CCC3.